The molecule has 122 valence electrons. The molecule has 1 saturated carbocycles. The van der Waals surface area contributed by atoms with Gasteiger partial charge in [-0.3, -0.25) is 9.69 Å². The van der Waals surface area contributed by atoms with Gasteiger partial charge in [0.1, 0.15) is 0 Å². The van der Waals surface area contributed by atoms with Gasteiger partial charge in [0, 0.05) is 12.6 Å². The molecule has 0 radical (unpaired) electrons. The summed E-state index contributed by atoms with van der Waals surface area (Å²) in [5.41, 5.74) is 5.71. The van der Waals surface area contributed by atoms with Crippen LogP contribution in [0.1, 0.15) is 71.1 Å². The van der Waals surface area contributed by atoms with Gasteiger partial charge in [0.2, 0.25) is 5.91 Å². The average Bonchev–Trinajstić information content (AvgIpc) is 2.52. The zero-order valence-electron chi connectivity index (χ0n) is 13.7. The van der Waals surface area contributed by atoms with Crippen molar-refractivity contribution in [1.29, 1.82) is 0 Å². The van der Waals surface area contributed by atoms with Crippen LogP contribution in [0, 0.1) is 0 Å². The number of hydrogen-bond acceptors (Lipinski definition) is 3. The SMILES string of the molecule is CCCCN1CCCCC1CNC(=O)C1(N)CCCCC1. The van der Waals surface area contributed by atoms with Gasteiger partial charge in [-0.1, -0.05) is 39.0 Å². The molecule has 21 heavy (non-hydrogen) atoms. The molecule has 1 aliphatic carbocycles. The lowest BCUT2D eigenvalue weighted by Gasteiger charge is -2.37. The second-order valence-corrected chi connectivity index (χ2v) is 6.97. The summed E-state index contributed by atoms with van der Waals surface area (Å²) in [5.74, 6) is 0.0863. The molecule has 1 heterocycles. The lowest BCUT2D eigenvalue weighted by Crippen LogP contribution is -2.57. The van der Waals surface area contributed by atoms with Crippen molar-refractivity contribution >= 4 is 5.91 Å². The van der Waals surface area contributed by atoms with Gasteiger partial charge in [-0.15, -0.1) is 0 Å². The lowest BCUT2D eigenvalue weighted by atomic mass is 9.82. The van der Waals surface area contributed by atoms with Gasteiger partial charge >= 0.3 is 0 Å². The Morgan fingerprint density at radius 3 is 2.71 bits per heavy atom. The fourth-order valence-electron chi connectivity index (χ4n) is 3.74. The molecule has 0 aromatic heterocycles. The minimum Gasteiger partial charge on any atom is -0.353 e. The second-order valence-electron chi connectivity index (χ2n) is 6.97. The van der Waals surface area contributed by atoms with Crippen LogP contribution in [-0.2, 0) is 4.79 Å². The van der Waals surface area contributed by atoms with E-state index in [1.807, 2.05) is 0 Å². The molecule has 4 nitrogen and oxygen atoms in total. The van der Waals surface area contributed by atoms with Crippen molar-refractivity contribution in [2.24, 2.45) is 5.73 Å². The predicted molar refractivity (Wildman–Crippen MR) is 87.1 cm³/mol. The van der Waals surface area contributed by atoms with Gasteiger partial charge in [-0.25, -0.2) is 0 Å². The minimum atomic E-state index is -0.596. The molecule has 1 saturated heterocycles. The molecule has 1 aliphatic heterocycles. The highest BCUT2D eigenvalue weighted by Crippen LogP contribution is 2.26. The van der Waals surface area contributed by atoms with Gasteiger partial charge in [0.05, 0.1) is 5.54 Å². The van der Waals surface area contributed by atoms with Crippen LogP contribution in [0.5, 0.6) is 0 Å². The molecule has 3 N–H and O–H groups in total. The number of nitrogens with two attached hydrogens (primary N) is 1. The van der Waals surface area contributed by atoms with E-state index >= 15 is 0 Å². The fourth-order valence-corrected chi connectivity index (χ4v) is 3.74. The number of piperidine rings is 1. The molecular weight excluding hydrogens is 262 g/mol. The predicted octanol–water partition coefficient (Wildman–Crippen LogP) is 2.42. The standard InChI is InChI=1S/C17H33N3O/c1-2-3-12-20-13-8-5-9-15(20)14-19-16(21)17(18)10-6-4-7-11-17/h15H,2-14,18H2,1H3,(H,19,21). The number of carbonyl (C=O) groups excluding carboxylic acids is 1. The zero-order valence-corrected chi connectivity index (χ0v) is 13.7. The van der Waals surface area contributed by atoms with E-state index in [1.165, 1.54) is 51.6 Å². The van der Waals surface area contributed by atoms with Crippen molar-refractivity contribution in [1.82, 2.24) is 10.2 Å². The van der Waals surface area contributed by atoms with Crippen LogP contribution in [0.25, 0.3) is 0 Å². The Kier molecular flexibility index (Phi) is 6.49. The van der Waals surface area contributed by atoms with E-state index < -0.39 is 5.54 Å². The molecule has 1 amide bonds. The topological polar surface area (TPSA) is 58.4 Å². The summed E-state index contributed by atoms with van der Waals surface area (Å²) < 4.78 is 0. The van der Waals surface area contributed by atoms with Crippen LogP contribution < -0.4 is 11.1 Å². The Labute approximate surface area is 129 Å². The van der Waals surface area contributed by atoms with Crippen LogP contribution in [0.15, 0.2) is 0 Å². The van der Waals surface area contributed by atoms with Gasteiger partial charge in [-0.05, 0) is 45.2 Å². The maximum Gasteiger partial charge on any atom is 0.240 e. The Morgan fingerprint density at radius 1 is 1.24 bits per heavy atom. The van der Waals surface area contributed by atoms with Crippen molar-refractivity contribution in [2.45, 2.75) is 82.7 Å². The van der Waals surface area contributed by atoms with Gasteiger partial charge < -0.3 is 11.1 Å². The van der Waals surface area contributed by atoms with Gasteiger partial charge in [-0.2, -0.15) is 0 Å². The average molecular weight is 295 g/mol. The summed E-state index contributed by atoms with van der Waals surface area (Å²) in [7, 11) is 0. The molecular formula is C17H33N3O. The summed E-state index contributed by atoms with van der Waals surface area (Å²) in [6.07, 6.45) is 11.4. The second kappa shape index (κ2) is 8.14. The largest absolute Gasteiger partial charge is 0.353 e. The molecule has 2 fully saturated rings. The number of nitrogens with one attached hydrogen (secondary N) is 1. The van der Waals surface area contributed by atoms with Crippen molar-refractivity contribution in [3.8, 4) is 0 Å². The first kappa shape index (κ1) is 16.8. The van der Waals surface area contributed by atoms with E-state index in [4.69, 9.17) is 5.73 Å². The fraction of sp³-hybridized carbons (Fsp3) is 0.941. The smallest absolute Gasteiger partial charge is 0.240 e. The number of hydrogen-bond donors (Lipinski definition) is 2. The Bertz CT molecular complexity index is 326. The molecule has 1 atom stereocenters. The number of carbonyl (C=O) groups is 1. The molecule has 0 aromatic rings. The van der Waals surface area contributed by atoms with Gasteiger partial charge in [0.25, 0.3) is 0 Å². The first-order chi connectivity index (χ1) is 10.2. The van der Waals surface area contributed by atoms with Crippen LogP contribution >= 0.6 is 0 Å². The molecule has 0 bridgehead atoms. The maximum atomic E-state index is 12.4. The lowest BCUT2D eigenvalue weighted by molar-refractivity contribution is -0.127. The quantitative estimate of drug-likeness (QED) is 0.791. The van der Waals surface area contributed by atoms with Gasteiger partial charge in [0.15, 0.2) is 0 Å². The number of unbranched alkanes of at least 4 members (excludes halogenated alkanes) is 1. The van der Waals surface area contributed by atoms with Crippen molar-refractivity contribution in [3.63, 3.8) is 0 Å². The molecule has 0 spiro atoms. The Morgan fingerprint density at radius 2 is 2.00 bits per heavy atom. The van der Waals surface area contributed by atoms with Crippen molar-refractivity contribution < 1.29 is 4.79 Å². The molecule has 0 aromatic carbocycles. The minimum absolute atomic E-state index is 0.0863. The van der Waals surface area contributed by atoms with Crippen LogP contribution in [0.4, 0.5) is 0 Å². The number of likely N-dealkylation sites (tertiary alicyclic amines) is 1. The first-order valence-corrected chi connectivity index (χ1v) is 8.97. The third-order valence-corrected chi connectivity index (χ3v) is 5.24. The highest BCUT2D eigenvalue weighted by atomic mass is 16.2. The van der Waals surface area contributed by atoms with E-state index in [1.54, 1.807) is 0 Å². The van der Waals surface area contributed by atoms with E-state index in [0.717, 1.165) is 32.2 Å². The third kappa shape index (κ3) is 4.68. The van der Waals surface area contributed by atoms with E-state index in [0.29, 0.717) is 6.04 Å². The number of rotatable bonds is 6. The van der Waals surface area contributed by atoms with Crippen molar-refractivity contribution in [2.75, 3.05) is 19.6 Å². The van der Waals surface area contributed by atoms with E-state index in [-0.39, 0.29) is 5.91 Å². The molecule has 4 heteroatoms. The van der Waals surface area contributed by atoms with Crippen molar-refractivity contribution in [3.05, 3.63) is 0 Å². The van der Waals surface area contributed by atoms with E-state index in [2.05, 4.69) is 17.1 Å². The molecule has 2 rings (SSSR count). The summed E-state index contributed by atoms with van der Waals surface area (Å²) in [4.78, 5) is 15.0. The number of nitrogens with zero attached hydrogens (tertiary/aromatic N) is 1. The maximum absolute atomic E-state index is 12.4. The Balaban J connectivity index is 1.80. The van der Waals surface area contributed by atoms with Crippen LogP contribution in [-0.4, -0.2) is 42.0 Å². The zero-order chi connectivity index (χ0) is 15.1. The summed E-state index contributed by atoms with van der Waals surface area (Å²) >= 11 is 0. The monoisotopic (exact) mass is 295 g/mol. The normalized spacial score (nSPS) is 26.5. The highest BCUT2D eigenvalue weighted by molar-refractivity contribution is 5.86. The third-order valence-electron chi connectivity index (χ3n) is 5.24. The number of amides is 1. The summed E-state index contributed by atoms with van der Waals surface area (Å²) in [6, 6.07) is 0.515. The van der Waals surface area contributed by atoms with Crippen LogP contribution in [0.2, 0.25) is 0 Å². The summed E-state index contributed by atoms with van der Waals surface area (Å²) in [5, 5.41) is 3.16. The summed E-state index contributed by atoms with van der Waals surface area (Å²) in [6.45, 7) is 5.38. The van der Waals surface area contributed by atoms with E-state index in [9.17, 15) is 4.79 Å². The molecule has 1 unspecified atom stereocenters. The first-order valence-electron chi connectivity index (χ1n) is 8.97. The molecule has 2 aliphatic rings. The van der Waals surface area contributed by atoms with Crippen LogP contribution in [0.3, 0.4) is 0 Å². The Hall–Kier alpha value is -0.610. The highest BCUT2D eigenvalue weighted by Gasteiger charge is 2.35.